The van der Waals surface area contributed by atoms with Crippen LogP contribution in [0.25, 0.3) is 5.69 Å². The van der Waals surface area contributed by atoms with Gasteiger partial charge in [-0.3, -0.25) is 4.79 Å². The van der Waals surface area contributed by atoms with Gasteiger partial charge in [-0.1, -0.05) is 26.0 Å². The van der Waals surface area contributed by atoms with Gasteiger partial charge in [0.2, 0.25) is 4.77 Å². The van der Waals surface area contributed by atoms with E-state index in [1.54, 1.807) is 9.36 Å². The lowest BCUT2D eigenvalue weighted by Gasteiger charge is -2.21. The molecule has 2 rings (SSSR count). The van der Waals surface area contributed by atoms with E-state index in [1.807, 2.05) is 40.0 Å². The van der Waals surface area contributed by atoms with E-state index in [2.05, 4.69) is 41.7 Å². The second-order valence-electron chi connectivity index (χ2n) is 8.01. The Bertz CT molecular complexity index is 800. The first-order valence-electron chi connectivity index (χ1n) is 8.82. The average Bonchev–Trinajstić information content (AvgIpc) is 2.86. The highest BCUT2D eigenvalue weighted by atomic mass is 32.1. The van der Waals surface area contributed by atoms with E-state index in [1.165, 1.54) is 5.56 Å². The first-order valence-corrected chi connectivity index (χ1v) is 9.23. The Labute approximate surface area is 160 Å². The van der Waals surface area contributed by atoms with Gasteiger partial charge in [-0.15, -0.1) is 0 Å². The molecule has 0 aliphatic rings. The molecule has 142 valence electrons. The number of amides is 1. The first kappa shape index (κ1) is 20.3. The third kappa shape index (κ3) is 5.47. The normalized spacial score (nSPS) is 13.0. The van der Waals surface area contributed by atoms with Gasteiger partial charge in [0.1, 0.15) is 0 Å². The van der Waals surface area contributed by atoms with Gasteiger partial charge in [-0.25, -0.2) is 0 Å². The zero-order chi connectivity index (χ0) is 19.5. The summed E-state index contributed by atoms with van der Waals surface area (Å²) in [7, 11) is 1.93. The summed E-state index contributed by atoms with van der Waals surface area (Å²) >= 11 is 5.50. The van der Waals surface area contributed by atoms with Crippen LogP contribution >= 0.6 is 12.2 Å². The van der Waals surface area contributed by atoms with Crippen LogP contribution in [-0.2, 0) is 11.5 Å². The van der Waals surface area contributed by atoms with Crippen LogP contribution in [0.5, 0.6) is 0 Å². The number of carbonyl (C=O) groups excluding carboxylic acids is 1. The molecule has 26 heavy (non-hydrogen) atoms. The second kappa shape index (κ2) is 8.09. The fourth-order valence-corrected chi connectivity index (χ4v) is 2.83. The quantitative estimate of drug-likeness (QED) is 0.745. The maximum absolute atomic E-state index is 12.0. The standard InChI is InChI=1S/C18H28N6OS/c1-13(2)14-7-9-15(10-8-14)24-17(26)23(20-21-24)12-22(6)11-16(25)19-18(3,4)5/h7-10,13H,11-12H2,1-6H3,(H,19,25)/p+1. The number of hydrogen-bond donors (Lipinski definition) is 2. The molecule has 1 unspecified atom stereocenters. The van der Waals surface area contributed by atoms with E-state index in [4.69, 9.17) is 12.2 Å². The molecule has 2 aromatic rings. The average molecular weight is 378 g/mol. The van der Waals surface area contributed by atoms with E-state index in [-0.39, 0.29) is 11.4 Å². The lowest BCUT2D eigenvalue weighted by Crippen LogP contribution is -3.09. The summed E-state index contributed by atoms with van der Waals surface area (Å²) in [4.78, 5) is 13.0. The number of nitrogens with zero attached hydrogens (tertiary/aromatic N) is 4. The monoisotopic (exact) mass is 377 g/mol. The predicted molar refractivity (Wildman–Crippen MR) is 104 cm³/mol. The van der Waals surface area contributed by atoms with Crippen molar-refractivity contribution in [3.63, 3.8) is 0 Å². The number of hydrogen-bond acceptors (Lipinski definition) is 4. The zero-order valence-corrected chi connectivity index (χ0v) is 17.2. The van der Waals surface area contributed by atoms with E-state index in [0.717, 1.165) is 10.6 Å². The number of tetrazole rings is 1. The van der Waals surface area contributed by atoms with Crippen molar-refractivity contribution in [1.82, 2.24) is 25.1 Å². The number of benzene rings is 1. The molecule has 1 aromatic carbocycles. The molecule has 0 fully saturated rings. The van der Waals surface area contributed by atoms with Gasteiger partial charge in [-0.2, -0.15) is 9.36 Å². The van der Waals surface area contributed by atoms with Gasteiger partial charge >= 0.3 is 0 Å². The number of rotatable bonds is 6. The van der Waals surface area contributed by atoms with E-state index in [9.17, 15) is 4.79 Å². The minimum Gasteiger partial charge on any atom is -0.347 e. The highest BCUT2D eigenvalue weighted by molar-refractivity contribution is 7.71. The van der Waals surface area contributed by atoms with Crippen LogP contribution in [0.3, 0.4) is 0 Å². The summed E-state index contributed by atoms with van der Waals surface area (Å²) in [5.41, 5.74) is 1.91. The SMILES string of the molecule is CC(C)c1ccc(-n2nnn(C[NH+](C)CC(=O)NC(C)(C)C)c2=S)cc1. The first-order chi connectivity index (χ1) is 12.1. The van der Waals surface area contributed by atoms with Crippen LogP contribution in [0.15, 0.2) is 24.3 Å². The molecule has 7 nitrogen and oxygen atoms in total. The van der Waals surface area contributed by atoms with Gasteiger partial charge < -0.3 is 10.2 Å². The third-order valence-corrected chi connectivity index (χ3v) is 4.22. The molecule has 2 N–H and O–H groups in total. The lowest BCUT2D eigenvalue weighted by molar-refractivity contribution is -0.895. The zero-order valence-electron chi connectivity index (χ0n) is 16.4. The van der Waals surface area contributed by atoms with Crippen molar-refractivity contribution in [1.29, 1.82) is 0 Å². The molecule has 0 aliphatic heterocycles. The van der Waals surface area contributed by atoms with E-state index < -0.39 is 0 Å². The molecule has 0 saturated carbocycles. The van der Waals surface area contributed by atoms with Gasteiger partial charge in [0, 0.05) is 5.54 Å². The van der Waals surface area contributed by atoms with Crippen LogP contribution in [0.2, 0.25) is 0 Å². The topological polar surface area (TPSA) is 69.2 Å². The van der Waals surface area contributed by atoms with Crippen LogP contribution < -0.4 is 10.2 Å². The van der Waals surface area contributed by atoms with Crippen LogP contribution in [0, 0.1) is 4.77 Å². The lowest BCUT2D eigenvalue weighted by atomic mass is 10.0. The number of quaternary nitrogens is 1. The predicted octanol–water partition coefficient (Wildman–Crippen LogP) is 1.31. The van der Waals surface area contributed by atoms with Crippen molar-refractivity contribution < 1.29 is 9.69 Å². The molecule has 0 radical (unpaired) electrons. The molecular formula is C18H29N6OS+. The Balaban J connectivity index is 2.06. The summed E-state index contributed by atoms with van der Waals surface area (Å²) < 4.78 is 3.80. The van der Waals surface area contributed by atoms with Crippen molar-refractivity contribution in [3.05, 3.63) is 34.6 Å². The Hall–Kier alpha value is -2.06. The summed E-state index contributed by atoms with van der Waals surface area (Å²) in [5, 5.41) is 11.3. The largest absolute Gasteiger partial charge is 0.347 e. The van der Waals surface area contributed by atoms with Gasteiger partial charge in [0.25, 0.3) is 5.91 Å². The summed E-state index contributed by atoms with van der Waals surface area (Å²) in [6.45, 7) is 11.0. The minimum atomic E-state index is -0.237. The Kier molecular flexibility index (Phi) is 6.30. The van der Waals surface area contributed by atoms with Crippen molar-refractivity contribution in [3.8, 4) is 5.69 Å². The molecule has 8 heteroatoms. The number of aromatic nitrogens is 4. The van der Waals surface area contributed by atoms with Crippen LogP contribution in [0.1, 0.15) is 46.1 Å². The second-order valence-corrected chi connectivity index (χ2v) is 8.37. The fourth-order valence-electron chi connectivity index (χ4n) is 2.58. The molecule has 0 aliphatic carbocycles. The van der Waals surface area contributed by atoms with Crippen LogP contribution in [0.4, 0.5) is 0 Å². The molecule has 1 aromatic heterocycles. The van der Waals surface area contributed by atoms with Crippen LogP contribution in [-0.4, -0.2) is 44.8 Å². The van der Waals surface area contributed by atoms with Gasteiger partial charge in [-0.05, 0) is 67.0 Å². The minimum absolute atomic E-state index is 0.00168. The fraction of sp³-hybridized carbons (Fsp3) is 0.556. The number of carbonyl (C=O) groups is 1. The summed E-state index contributed by atoms with van der Waals surface area (Å²) in [6, 6.07) is 8.15. The van der Waals surface area contributed by atoms with Crippen molar-refractivity contribution in [2.45, 2.75) is 52.7 Å². The molecule has 1 heterocycles. The van der Waals surface area contributed by atoms with Gasteiger partial charge in [0.05, 0.1) is 12.7 Å². The molecule has 0 bridgehead atoms. The Morgan fingerprint density at radius 1 is 1.23 bits per heavy atom. The number of nitrogens with one attached hydrogen (secondary N) is 2. The summed E-state index contributed by atoms with van der Waals surface area (Å²) in [5.74, 6) is 0.474. The van der Waals surface area contributed by atoms with Crippen molar-refractivity contribution in [2.75, 3.05) is 13.6 Å². The maximum atomic E-state index is 12.0. The molecular weight excluding hydrogens is 348 g/mol. The molecule has 1 amide bonds. The molecule has 0 saturated heterocycles. The highest BCUT2D eigenvalue weighted by Crippen LogP contribution is 2.16. The van der Waals surface area contributed by atoms with Gasteiger partial charge in [0.15, 0.2) is 13.2 Å². The van der Waals surface area contributed by atoms with E-state index in [0.29, 0.717) is 23.9 Å². The maximum Gasteiger partial charge on any atom is 0.275 e. The van der Waals surface area contributed by atoms with Crippen molar-refractivity contribution >= 4 is 18.1 Å². The smallest absolute Gasteiger partial charge is 0.275 e. The summed E-state index contributed by atoms with van der Waals surface area (Å²) in [6.07, 6.45) is 0. The molecule has 1 atom stereocenters. The third-order valence-electron chi connectivity index (χ3n) is 3.84. The van der Waals surface area contributed by atoms with Crippen molar-refractivity contribution in [2.24, 2.45) is 0 Å². The Morgan fingerprint density at radius 2 is 1.85 bits per heavy atom. The Morgan fingerprint density at radius 3 is 2.38 bits per heavy atom. The number of likely N-dealkylation sites (N-methyl/N-ethyl adjacent to an activating group) is 1. The van der Waals surface area contributed by atoms with E-state index >= 15 is 0 Å². The molecule has 0 spiro atoms. The highest BCUT2D eigenvalue weighted by Gasteiger charge is 2.18.